The van der Waals surface area contributed by atoms with Crippen molar-refractivity contribution in [2.75, 3.05) is 17.7 Å². The molecule has 100 valence electrons. The molecular formula is C15H12FN3O. The summed E-state index contributed by atoms with van der Waals surface area (Å²) in [7, 11) is 1.78. The number of amides is 1. The third kappa shape index (κ3) is 2.93. The zero-order valence-electron chi connectivity index (χ0n) is 10.8. The summed E-state index contributed by atoms with van der Waals surface area (Å²) in [5.74, 6) is -0.867. The summed E-state index contributed by atoms with van der Waals surface area (Å²) in [6, 6.07) is 12.4. The van der Waals surface area contributed by atoms with Crippen molar-refractivity contribution in [1.82, 2.24) is 0 Å². The average Bonchev–Trinajstić information content (AvgIpc) is 2.49. The highest BCUT2D eigenvalue weighted by molar-refractivity contribution is 6.05. The first-order valence-electron chi connectivity index (χ1n) is 5.93. The van der Waals surface area contributed by atoms with Crippen LogP contribution in [0.4, 0.5) is 15.8 Å². The summed E-state index contributed by atoms with van der Waals surface area (Å²) in [5.41, 5.74) is 1.72. The molecule has 0 aliphatic carbocycles. The van der Waals surface area contributed by atoms with E-state index in [-0.39, 0.29) is 17.2 Å². The molecule has 0 fully saturated rings. The van der Waals surface area contributed by atoms with Gasteiger partial charge in [-0.1, -0.05) is 0 Å². The van der Waals surface area contributed by atoms with E-state index in [1.165, 1.54) is 12.1 Å². The van der Waals surface area contributed by atoms with Gasteiger partial charge in [0.05, 0.1) is 11.3 Å². The number of rotatable bonds is 3. The maximum atomic E-state index is 13.0. The summed E-state index contributed by atoms with van der Waals surface area (Å²) >= 11 is 0. The van der Waals surface area contributed by atoms with Crippen LogP contribution in [0.15, 0.2) is 42.5 Å². The third-order valence-electron chi connectivity index (χ3n) is 2.79. The lowest BCUT2D eigenvalue weighted by atomic mass is 10.1. The summed E-state index contributed by atoms with van der Waals surface area (Å²) in [6.45, 7) is 0. The molecule has 5 heteroatoms. The highest BCUT2D eigenvalue weighted by Gasteiger charge is 2.09. The predicted molar refractivity (Wildman–Crippen MR) is 75.1 cm³/mol. The fourth-order valence-electron chi connectivity index (χ4n) is 1.70. The van der Waals surface area contributed by atoms with Crippen LogP contribution >= 0.6 is 0 Å². The van der Waals surface area contributed by atoms with E-state index in [1.54, 1.807) is 31.3 Å². The lowest BCUT2D eigenvalue weighted by molar-refractivity contribution is 0.102. The molecule has 0 aliphatic heterocycles. The van der Waals surface area contributed by atoms with Crippen LogP contribution in [-0.2, 0) is 0 Å². The van der Waals surface area contributed by atoms with Gasteiger partial charge in [-0.3, -0.25) is 4.79 Å². The van der Waals surface area contributed by atoms with E-state index >= 15 is 0 Å². The van der Waals surface area contributed by atoms with Gasteiger partial charge in [0.15, 0.2) is 0 Å². The van der Waals surface area contributed by atoms with Gasteiger partial charge < -0.3 is 10.6 Å². The number of hydrogen-bond acceptors (Lipinski definition) is 3. The molecule has 0 bridgehead atoms. The summed E-state index contributed by atoms with van der Waals surface area (Å²) in [5, 5.41) is 14.5. The van der Waals surface area contributed by atoms with Crippen LogP contribution in [0.3, 0.4) is 0 Å². The van der Waals surface area contributed by atoms with E-state index < -0.39 is 5.82 Å². The van der Waals surface area contributed by atoms with Crippen LogP contribution in [0.25, 0.3) is 0 Å². The quantitative estimate of drug-likeness (QED) is 0.900. The smallest absolute Gasteiger partial charge is 0.255 e. The largest absolute Gasteiger partial charge is 0.388 e. The Morgan fingerprint density at radius 1 is 1.20 bits per heavy atom. The number of anilines is 2. The number of carbonyl (C=O) groups is 1. The van der Waals surface area contributed by atoms with E-state index in [0.29, 0.717) is 5.56 Å². The first-order chi connectivity index (χ1) is 9.63. The van der Waals surface area contributed by atoms with E-state index in [9.17, 15) is 9.18 Å². The van der Waals surface area contributed by atoms with Crippen molar-refractivity contribution in [1.29, 1.82) is 5.26 Å². The van der Waals surface area contributed by atoms with Crippen LogP contribution in [0.1, 0.15) is 15.9 Å². The van der Waals surface area contributed by atoms with E-state index in [1.807, 2.05) is 6.07 Å². The van der Waals surface area contributed by atoms with Gasteiger partial charge in [-0.05, 0) is 42.5 Å². The molecule has 0 saturated carbocycles. The Kier molecular flexibility index (Phi) is 3.96. The average molecular weight is 269 g/mol. The van der Waals surface area contributed by atoms with Crippen molar-refractivity contribution >= 4 is 17.3 Å². The van der Waals surface area contributed by atoms with Gasteiger partial charge in [-0.25, -0.2) is 4.39 Å². The molecule has 2 rings (SSSR count). The number of nitrogens with one attached hydrogen (secondary N) is 2. The fraction of sp³-hybridized carbons (Fsp3) is 0.0667. The normalized spacial score (nSPS) is 9.65. The van der Waals surface area contributed by atoms with Crippen molar-refractivity contribution < 1.29 is 9.18 Å². The Hall–Kier alpha value is -2.87. The first kappa shape index (κ1) is 13.6. The molecule has 4 nitrogen and oxygen atoms in total. The third-order valence-corrected chi connectivity index (χ3v) is 2.79. The van der Waals surface area contributed by atoms with Crippen LogP contribution in [-0.4, -0.2) is 13.0 Å². The molecule has 0 aliphatic rings. The highest BCUT2D eigenvalue weighted by Crippen LogP contribution is 2.17. The number of benzene rings is 2. The van der Waals surface area contributed by atoms with Crippen molar-refractivity contribution in [3.05, 3.63) is 59.4 Å². The molecule has 0 atom stereocenters. The van der Waals surface area contributed by atoms with Crippen molar-refractivity contribution in [2.24, 2.45) is 0 Å². The molecule has 2 N–H and O–H groups in total. The molecule has 0 aromatic heterocycles. The standard InChI is InChI=1S/C15H12FN3O/c1-18-13-5-2-10(3-6-13)15(20)19-14-7-4-12(16)8-11(14)9-17/h2-8,18H,1H3,(H,19,20). The predicted octanol–water partition coefficient (Wildman–Crippen LogP) is 2.99. The monoisotopic (exact) mass is 269 g/mol. The molecule has 2 aromatic carbocycles. The molecule has 0 saturated heterocycles. The number of nitrogens with zero attached hydrogens (tertiary/aromatic N) is 1. The Morgan fingerprint density at radius 3 is 2.50 bits per heavy atom. The van der Waals surface area contributed by atoms with Gasteiger partial charge in [0.1, 0.15) is 11.9 Å². The van der Waals surface area contributed by atoms with E-state index in [0.717, 1.165) is 11.8 Å². The van der Waals surface area contributed by atoms with Crippen LogP contribution in [0, 0.1) is 17.1 Å². The van der Waals surface area contributed by atoms with Crippen LogP contribution < -0.4 is 10.6 Å². The minimum atomic E-state index is -0.516. The second-order valence-corrected chi connectivity index (χ2v) is 4.08. The van der Waals surface area contributed by atoms with Gasteiger partial charge in [-0.15, -0.1) is 0 Å². The minimum Gasteiger partial charge on any atom is -0.388 e. The molecule has 2 aromatic rings. The molecule has 0 heterocycles. The topological polar surface area (TPSA) is 64.9 Å². The van der Waals surface area contributed by atoms with Crippen molar-refractivity contribution in [3.8, 4) is 6.07 Å². The number of hydrogen-bond donors (Lipinski definition) is 2. The summed E-state index contributed by atoms with van der Waals surface area (Å²) in [4.78, 5) is 12.0. The zero-order chi connectivity index (χ0) is 14.5. The van der Waals surface area contributed by atoms with Gasteiger partial charge in [0.2, 0.25) is 0 Å². The molecule has 0 unspecified atom stereocenters. The molecule has 1 amide bonds. The Balaban J connectivity index is 2.21. The second-order valence-electron chi connectivity index (χ2n) is 4.08. The van der Waals surface area contributed by atoms with Gasteiger partial charge >= 0.3 is 0 Å². The lowest BCUT2D eigenvalue weighted by Gasteiger charge is -2.07. The van der Waals surface area contributed by atoms with Crippen molar-refractivity contribution in [2.45, 2.75) is 0 Å². The van der Waals surface area contributed by atoms with Gasteiger partial charge in [0.25, 0.3) is 5.91 Å². The number of carbonyl (C=O) groups excluding carboxylic acids is 1. The molecule has 0 spiro atoms. The fourth-order valence-corrected chi connectivity index (χ4v) is 1.70. The number of nitriles is 1. The van der Waals surface area contributed by atoms with Gasteiger partial charge in [0, 0.05) is 18.3 Å². The maximum Gasteiger partial charge on any atom is 0.255 e. The Labute approximate surface area is 115 Å². The molecular weight excluding hydrogens is 257 g/mol. The maximum absolute atomic E-state index is 13.0. The lowest BCUT2D eigenvalue weighted by Crippen LogP contribution is -2.13. The van der Waals surface area contributed by atoms with E-state index in [4.69, 9.17) is 5.26 Å². The number of halogens is 1. The summed E-state index contributed by atoms with van der Waals surface area (Å²) < 4.78 is 13.0. The van der Waals surface area contributed by atoms with Crippen LogP contribution in [0.5, 0.6) is 0 Å². The first-order valence-corrected chi connectivity index (χ1v) is 5.93. The van der Waals surface area contributed by atoms with Gasteiger partial charge in [-0.2, -0.15) is 5.26 Å². The van der Waals surface area contributed by atoms with Crippen molar-refractivity contribution in [3.63, 3.8) is 0 Å². The zero-order valence-corrected chi connectivity index (χ0v) is 10.8. The minimum absolute atomic E-state index is 0.0881. The SMILES string of the molecule is CNc1ccc(C(=O)Nc2ccc(F)cc2C#N)cc1. The summed E-state index contributed by atoms with van der Waals surface area (Å²) in [6.07, 6.45) is 0. The highest BCUT2D eigenvalue weighted by atomic mass is 19.1. The Morgan fingerprint density at radius 2 is 1.90 bits per heavy atom. The second kappa shape index (κ2) is 5.85. The van der Waals surface area contributed by atoms with E-state index in [2.05, 4.69) is 10.6 Å². The Bertz CT molecular complexity index is 675. The van der Waals surface area contributed by atoms with Crippen LogP contribution in [0.2, 0.25) is 0 Å². The molecule has 20 heavy (non-hydrogen) atoms. The molecule has 0 radical (unpaired) electrons.